The molecule has 21 heavy (non-hydrogen) atoms. The monoisotopic (exact) mass is 285 g/mol. The van der Waals surface area contributed by atoms with E-state index in [-0.39, 0.29) is 5.91 Å². The average Bonchev–Trinajstić information content (AvgIpc) is 2.51. The third-order valence-electron chi connectivity index (χ3n) is 3.41. The first-order valence-electron chi connectivity index (χ1n) is 7.56. The fraction of sp³-hybridized carbons (Fsp3) is 0.412. The second-order valence-corrected chi connectivity index (χ2v) is 5.23. The Morgan fingerprint density at radius 1 is 1.24 bits per heavy atom. The maximum atomic E-state index is 12.4. The number of hydrogen-bond donors (Lipinski definition) is 1. The average molecular weight is 285 g/mol. The fourth-order valence-electron chi connectivity index (χ4n) is 2.32. The quantitative estimate of drug-likeness (QED) is 0.883. The van der Waals surface area contributed by atoms with E-state index in [4.69, 9.17) is 0 Å². The summed E-state index contributed by atoms with van der Waals surface area (Å²) in [5.41, 5.74) is 0.503. The smallest absolute Gasteiger partial charge is 0.272 e. The number of rotatable bonds is 6. The van der Waals surface area contributed by atoms with E-state index in [2.05, 4.69) is 24.1 Å². The number of carbonyl (C=O) groups is 1. The highest BCUT2D eigenvalue weighted by Crippen LogP contribution is 2.23. The molecule has 0 saturated carbocycles. The van der Waals surface area contributed by atoms with Crippen molar-refractivity contribution in [1.82, 2.24) is 9.88 Å². The van der Waals surface area contributed by atoms with Gasteiger partial charge >= 0.3 is 0 Å². The lowest BCUT2D eigenvalue weighted by Crippen LogP contribution is -2.28. The van der Waals surface area contributed by atoms with Gasteiger partial charge in [-0.1, -0.05) is 38.1 Å². The number of amides is 1. The molecular formula is C17H23N3O. The van der Waals surface area contributed by atoms with Gasteiger partial charge in [-0.05, 0) is 24.3 Å². The van der Waals surface area contributed by atoms with Gasteiger partial charge in [-0.2, -0.15) is 0 Å². The molecule has 112 valence electrons. The van der Waals surface area contributed by atoms with Gasteiger partial charge in [-0.15, -0.1) is 0 Å². The van der Waals surface area contributed by atoms with Gasteiger partial charge < -0.3 is 10.2 Å². The summed E-state index contributed by atoms with van der Waals surface area (Å²) in [5, 5.41) is 5.42. The van der Waals surface area contributed by atoms with E-state index in [1.807, 2.05) is 37.4 Å². The molecule has 0 aliphatic rings. The Hall–Kier alpha value is -2.10. The summed E-state index contributed by atoms with van der Waals surface area (Å²) in [5.74, 6) is 0.769. The summed E-state index contributed by atoms with van der Waals surface area (Å²) < 4.78 is 0. The molecule has 1 N–H and O–H groups in total. The lowest BCUT2D eigenvalue weighted by molar-refractivity contribution is 0.0789. The maximum absolute atomic E-state index is 12.4. The van der Waals surface area contributed by atoms with Gasteiger partial charge in [0.15, 0.2) is 0 Å². The number of anilines is 1. The van der Waals surface area contributed by atoms with Crippen molar-refractivity contribution in [2.24, 2.45) is 0 Å². The van der Waals surface area contributed by atoms with Crippen molar-refractivity contribution < 1.29 is 4.79 Å². The van der Waals surface area contributed by atoms with E-state index in [1.165, 1.54) is 0 Å². The van der Waals surface area contributed by atoms with E-state index in [0.29, 0.717) is 5.69 Å². The zero-order chi connectivity index (χ0) is 15.2. The van der Waals surface area contributed by atoms with Crippen LogP contribution in [0.15, 0.2) is 30.3 Å². The van der Waals surface area contributed by atoms with Crippen molar-refractivity contribution in [2.75, 3.05) is 25.5 Å². The van der Waals surface area contributed by atoms with Crippen LogP contribution in [0.25, 0.3) is 10.8 Å². The molecule has 0 spiro atoms. The first-order valence-corrected chi connectivity index (χ1v) is 7.56. The maximum Gasteiger partial charge on any atom is 0.272 e. The first kappa shape index (κ1) is 15.3. The van der Waals surface area contributed by atoms with Crippen LogP contribution in [0.4, 0.5) is 5.82 Å². The number of carbonyl (C=O) groups excluding carboxylic acids is 1. The minimum absolute atomic E-state index is 0.0258. The number of pyridine rings is 1. The van der Waals surface area contributed by atoms with Crippen molar-refractivity contribution in [3.05, 3.63) is 36.0 Å². The number of nitrogens with one attached hydrogen (secondary N) is 1. The first-order chi connectivity index (χ1) is 10.2. The Kier molecular flexibility index (Phi) is 5.14. The molecule has 1 aromatic carbocycles. The van der Waals surface area contributed by atoms with E-state index in [9.17, 15) is 4.79 Å². The summed E-state index contributed by atoms with van der Waals surface area (Å²) in [6, 6.07) is 9.90. The highest BCUT2D eigenvalue weighted by molar-refractivity contribution is 6.00. The Bertz CT molecular complexity index is 624. The Labute approximate surface area is 126 Å². The van der Waals surface area contributed by atoms with Crippen LogP contribution < -0.4 is 5.32 Å². The standard InChI is InChI=1S/C17H23N3O/c1-4-10-18-16-14-9-7-6-8-13(14)12-15(19-16)17(21)20(3)11-5-2/h6-9,12H,4-5,10-11H2,1-3H3,(H,18,19). The number of nitrogens with zero attached hydrogens (tertiary/aromatic N) is 2. The molecule has 0 aliphatic heterocycles. The molecule has 0 fully saturated rings. The van der Waals surface area contributed by atoms with Crippen LogP contribution in [-0.4, -0.2) is 35.9 Å². The number of fused-ring (bicyclic) bond motifs is 1. The second kappa shape index (κ2) is 7.07. The molecule has 1 heterocycles. The highest BCUT2D eigenvalue weighted by atomic mass is 16.2. The summed E-state index contributed by atoms with van der Waals surface area (Å²) in [6.45, 7) is 5.76. The van der Waals surface area contributed by atoms with Crippen molar-refractivity contribution >= 4 is 22.5 Å². The van der Waals surface area contributed by atoms with Crippen LogP contribution in [0.5, 0.6) is 0 Å². The van der Waals surface area contributed by atoms with Crippen LogP contribution in [0.1, 0.15) is 37.2 Å². The molecule has 0 bridgehead atoms. The molecule has 4 nitrogen and oxygen atoms in total. The van der Waals surface area contributed by atoms with Crippen LogP contribution in [0, 0.1) is 0 Å². The van der Waals surface area contributed by atoms with Gasteiger partial charge in [-0.3, -0.25) is 4.79 Å². The fourth-order valence-corrected chi connectivity index (χ4v) is 2.32. The number of aromatic nitrogens is 1. The van der Waals surface area contributed by atoms with Crippen molar-refractivity contribution in [2.45, 2.75) is 26.7 Å². The number of hydrogen-bond acceptors (Lipinski definition) is 3. The van der Waals surface area contributed by atoms with Crippen LogP contribution in [-0.2, 0) is 0 Å². The summed E-state index contributed by atoms with van der Waals surface area (Å²) in [7, 11) is 1.82. The molecule has 0 unspecified atom stereocenters. The van der Waals surface area contributed by atoms with E-state index >= 15 is 0 Å². The molecule has 0 radical (unpaired) electrons. The van der Waals surface area contributed by atoms with Crippen LogP contribution in [0.2, 0.25) is 0 Å². The number of benzene rings is 1. The van der Waals surface area contributed by atoms with Crippen molar-refractivity contribution in [3.63, 3.8) is 0 Å². The van der Waals surface area contributed by atoms with E-state index < -0.39 is 0 Å². The Morgan fingerprint density at radius 3 is 2.71 bits per heavy atom. The lowest BCUT2D eigenvalue weighted by Gasteiger charge is -2.17. The normalized spacial score (nSPS) is 10.6. The molecule has 0 aliphatic carbocycles. The molecule has 1 aromatic heterocycles. The zero-order valence-electron chi connectivity index (χ0n) is 13.0. The highest BCUT2D eigenvalue weighted by Gasteiger charge is 2.15. The van der Waals surface area contributed by atoms with Crippen LogP contribution in [0.3, 0.4) is 0 Å². The molecule has 4 heteroatoms. The summed E-state index contributed by atoms with van der Waals surface area (Å²) in [6.07, 6.45) is 1.96. The van der Waals surface area contributed by atoms with Gasteiger partial charge in [0.25, 0.3) is 5.91 Å². The Morgan fingerprint density at radius 2 is 2.00 bits per heavy atom. The molecule has 2 aromatic rings. The van der Waals surface area contributed by atoms with Gasteiger partial charge in [0, 0.05) is 25.5 Å². The summed E-state index contributed by atoms with van der Waals surface area (Å²) >= 11 is 0. The molecule has 0 saturated heterocycles. The van der Waals surface area contributed by atoms with E-state index in [1.54, 1.807) is 4.90 Å². The largest absolute Gasteiger partial charge is 0.370 e. The van der Waals surface area contributed by atoms with Gasteiger partial charge in [-0.25, -0.2) is 4.98 Å². The minimum atomic E-state index is -0.0258. The third-order valence-corrected chi connectivity index (χ3v) is 3.41. The van der Waals surface area contributed by atoms with Gasteiger partial charge in [0.05, 0.1) is 0 Å². The third kappa shape index (κ3) is 3.51. The molecule has 0 atom stereocenters. The van der Waals surface area contributed by atoms with Crippen molar-refractivity contribution in [1.29, 1.82) is 0 Å². The van der Waals surface area contributed by atoms with E-state index in [0.717, 1.165) is 42.5 Å². The Balaban J connectivity index is 2.42. The topological polar surface area (TPSA) is 45.2 Å². The molecule has 2 rings (SSSR count). The van der Waals surface area contributed by atoms with Crippen LogP contribution >= 0.6 is 0 Å². The predicted molar refractivity (Wildman–Crippen MR) is 87.8 cm³/mol. The zero-order valence-corrected chi connectivity index (χ0v) is 13.0. The summed E-state index contributed by atoms with van der Waals surface area (Å²) in [4.78, 5) is 18.7. The van der Waals surface area contributed by atoms with Crippen molar-refractivity contribution in [3.8, 4) is 0 Å². The van der Waals surface area contributed by atoms with Gasteiger partial charge in [0.2, 0.25) is 0 Å². The predicted octanol–water partition coefficient (Wildman–Crippen LogP) is 3.54. The molecule has 1 amide bonds. The lowest BCUT2D eigenvalue weighted by atomic mass is 10.1. The SMILES string of the molecule is CCCNc1nc(C(=O)N(C)CCC)cc2ccccc12. The van der Waals surface area contributed by atoms with Gasteiger partial charge in [0.1, 0.15) is 11.5 Å². The molecular weight excluding hydrogens is 262 g/mol. The second-order valence-electron chi connectivity index (χ2n) is 5.23. The minimum Gasteiger partial charge on any atom is -0.370 e.